The Labute approximate surface area is 85.3 Å². The Balaban J connectivity index is 2.65. The van der Waals surface area contributed by atoms with E-state index in [9.17, 15) is 9.90 Å². The van der Waals surface area contributed by atoms with Gasteiger partial charge in [0, 0.05) is 13.1 Å². The molecule has 0 spiro atoms. The SMILES string of the molecule is CNC(C)(C)C(=O)N1CCC(C)(O)C1. The summed E-state index contributed by atoms with van der Waals surface area (Å²) in [6, 6.07) is 0. The van der Waals surface area contributed by atoms with Crippen molar-refractivity contribution in [1.82, 2.24) is 10.2 Å². The monoisotopic (exact) mass is 200 g/mol. The Bertz CT molecular complexity index is 236. The molecule has 1 aliphatic rings. The minimum absolute atomic E-state index is 0.0535. The van der Waals surface area contributed by atoms with E-state index in [4.69, 9.17) is 0 Å². The molecule has 0 aromatic carbocycles. The van der Waals surface area contributed by atoms with Crippen LogP contribution in [0.3, 0.4) is 0 Å². The first-order chi connectivity index (χ1) is 6.28. The van der Waals surface area contributed by atoms with Gasteiger partial charge in [0.25, 0.3) is 0 Å². The Morgan fingerprint density at radius 1 is 1.57 bits per heavy atom. The first-order valence-electron chi connectivity index (χ1n) is 4.99. The highest BCUT2D eigenvalue weighted by Crippen LogP contribution is 2.22. The Morgan fingerprint density at radius 3 is 2.50 bits per heavy atom. The highest BCUT2D eigenvalue weighted by atomic mass is 16.3. The summed E-state index contributed by atoms with van der Waals surface area (Å²) in [4.78, 5) is 13.7. The molecule has 1 atom stereocenters. The molecule has 0 radical (unpaired) electrons. The molecule has 0 saturated carbocycles. The maximum Gasteiger partial charge on any atom is 0.242 e. The predicted molar refractivity (Wildman–Crippen MR) is 55.0 cm³/mol. The van der Waals surface area contributed by atoms with Crippen LogP contribution in [-0.2, 0) is 4.79 Å². The van der Waals surface area contributed by atoms with Gasteiger partial charge in [0.15, 0.2) is 0 Å². The second-order valence-electron chi connectivity index (χ2n) is 4.85. The summed E-state index contributed by atoms with van der Waals surface area (Å²) in [7, 11) is 1.77. The van der Waals surface area contributed by atoms with Crippen molar-refractivity contribution in [3.63, 3.8) is 0 Å². The molecule has 1 saturated heterocycles. The number of aliphatic hydroxyl groups is 1. The zero-order chi connectivity index (χ0) is 11.0. The molecule has 4 nitrogen and oxygen atoms in total. The minimum Gasteiger partial charge on any atom is -0.388 e. The van der Waals surface area contributed by atoms with E-state index in [2.05, 4.69) is 5.32 Å². The largest absolute Gasteiger partial charge is 0.388 e. The number of likely N-dealkylation sites (tertiary alicyclic amines) is 1. The smallest absolute Gasteiger partial charge is 0.242 e. The van der Waals surface area contributed by atoms with Gasteiger partial charge in [-0.05, 0) is 34.2 Å². The van der Waals surface area contributed by atoms with Gasteiger partial charge in [0.2, 0.25) is 5.91 Å². The molecule has 1 fully saturated rings. The molecular formula is C10H20N2O2. The molecule has 14 heavy (non-hydrogen) atoms. The first-order valence-corrected chi connectivity index (χ1v) is 4.99. The van der Waals surface area contributed by atoms with Gasteiger partial charge in [0.05, 0.1) is 11.1 Å². The van der Waals surface area contributed by atoms with Gasteiger partial charge >= 0.3 is 0 Å². The van der Waals surface area contributed by atoms with E-state index in [0.717, 1.165) is 0 Å². The van der Waals surface area contributed by atoms with Gasteiger partial charge < -0.3 is 15.3 Å². The number of likely N-dealkylation sites (N-methyl/N-ethyl adjacent to an activating group) is 1. The van der Waals surface area contributed by atoms with Crippen LogP contribution < -0.4 is 5.32 Å². The van der Waals surface area contributed by atoms with Crippen LogP contribution >= 0.6 is 0 Å². The van der Waals surface area contributed by atoms with Crippen molar-refractivity contribution in [2.45, 2.75) is 38.3 Å². The van der Waals surface area contributed by atoms with Crippen molar-refractivity contribution >= 4 is 5.91 Å². The number of amides is 1. The average molecular weight is 200 g/mol. The van der Waals surface area contributed by atoms with Crippen molar-refractivity contribution in [2.75, 3.05) is 20.1 Å². The van der Waals surface area contributed by atoms with E-state index in [1.165, 1.54) is 0 Å². The van der Waals surface area contributed by atoms with E-state index in [1.54, 1.807) is 18.9 Å². The number of nitrogens with one attached hydrogen (secondary N) is 1. The van der Waals surface area contributed by atoms with Gasteiger partial charge in [-0.15, -0.1) is 0 Å². The number of nitrogens with zero attached hydrogens (tertiary/aromatic N) is 1. The third kappa shape index (κ3) is 2.25. The molecule has 1 aliphatic heterocycles. The van der Waals surface area contributed by atoms with Crippen LogP contribution in [-0.4, -0.2) is 47.2 Å². The van der Waals surface area contributed by atoms with Crippen molar-refractivity contribution in [3.8, 4) is 0 Å². The molecule has 0 bridgehead atoms. The number of carbonyl (C=O) groups is 1. The van der Waals surface area contributed by atoms with Crippen molar-refractivity contribution in [3.05, 3.63) is 0 Å². The third-order valence-electron chi connectivity index (χ3n) is 2.90. The first kappa shape index (κ1) is 11.5. The third-order valence-corrected chi connectivity index (χ3v) is 2.90. The minimum atomic E-state index is -0.709. The Morgan fingerprint density at radius 2 is 2.14 bits per heavy atom. The lowest BCUT2D eigenvalue weighted by atomic mass is 10.0. The molecule has 4 heteroatoms. The van der Waals surface area contributed by atoms with Crippen LogP contribution in [0.15, 0.2) is 0 Å². The molecule has 82 valence electrons. The standard InChI is InChI=1S/C10H20N2O2/c1-9(2,11-4)8(13)12-6-5-10(3,14)7-12/h11,14H,5-7H2,1-4H3. The summed E-state index contributed by atoms with van der Waals surface area (Å²) in [5, 5.41) is 12.7. The number of hydrogen-bond donors (Lipinski definition) is 2. The van der Waals surface area contributed by atoms with Gasteiger partial charge in [-0.2, -0.15) is 0 Å². The predicted octanol–water partition coefficient (Wildman–Crippen LogP) is -0.0323. The van der Waals surface area contributed by atoms with Gasteiger partial charge in [0.1, 0.15) is 0 Å². The molecule has 1 heterocycles. The van der Waals surface area contributed by atoms with Gasteiger partial charge in [-0.1, -0.05) is 0 Å². The van der Waals surface area contributed by atoms with Crippen molar-refractivity contribution in [2.24, 2.45) is 0 Å². The van der Waals surface area contributed by atoms with Gasteiger partial charge in [-0.3, -0.25) is 4.79 Å². The average Bonchev–Trinajstić information content (AvgIpc) is 2.44. The van der Waals surface area contributed by atoms with Crippen LogP contribution in [0.4, 0.5) is 0 Å². The number of β-amino-alcohol motifs (C(OH)–C–C–N with tert-alkyl or cyclic N) is 1. The molecule has 1 unspecified atom stereocenters. The van der Waals surface area contributed by atoms with E-state index in [-0.39, 0.29) is 5.91 Å². The molecule has 0 aromatic rings. The van der Waals surface area contributed by atoms with Crippen molar-refractivity contribution in [1.29, 1.82) is 0 Å². The lowest BCUT2D eigenvalue weighted by Gasteiger charge is -2.29. The lowest BCUT2D eigenvalue weighted by Crippen LogP contribution is -2.52. The zero-order valence-electron chi connectivity index (χ0n) is 9.42. The summed E-state index contributed by atoms with van der Waals surface area (Å²) in [6.45, 7) is 6.56. The highest BCUT2D eigenvalue weighted by molar-refractivity contribution is 5.85. The van der Waals surface area contributed by atoms with Crippen LogP contribution in [0.5, 0.6) is 0 Å². The fourth-order valence-corrected chi connectivity index (χ4v) is 1.62. The number of hydrogen-bond acceptors (Lipinski definition) is 3. The quantitative estimate of drug-likeness (QED) is 0.658. The molecule has 0 aromatic heterocycles. The summed E-state index contributed by atoms with van der Waals surface area (Å²) in [5.74, 6) is 0.0535. The Kier molecular flexibility index (Phi) is 2.88. The summed E-state index contributed by atoms with van der Waals surface area (Å²) < 4.78 is 0. The molecular weight excluding hydrogens is 180 g/mol. The van der Waals surface area contributed by atoms with E-state index in [1.807, 2.05) is 13.8 Å². The molecule has 1 amide bonds. The fraction of sp³-hybridized carbons (Fsp3) is 0.900. The summed E-state index contributed by atoms with van der Waals surface area (Å²) in [5.41, 5.74) is -1.25. The number of carbonyl (C=O) groups excluding carboxylic acids is 1. The topological polar surface area (TPSA) is 52.6 Å². The normalized spacial score (nSPS) is 28.2. The fourth-order valence-electron chi connectivity index (χ4n) is 1.62. The highest BCUT2D eigenvalue weighted by Gasteiger charge is 2.38. The van der Waals surface area contributed by atoms with E-state index < -0.39 is 11.1 Å². The lowest BCUT2D eigenvalue weighted by molar-refractivity contribution is -0.136. The van der Waals surface area contributed by atoms with E-state index in [0.29, 0.717) is 19.5 Å². The van der Waals surface area contributed by atoms with Crippen molar-refractivity contribution < 1.29 is 9.90 Å². The zero-order valence-corrected chi connectivity index (χ0v) is 9.42. The molecule has 1 rings (SSSR count). The second-order valence-corrected chi connectivity index (χ2v) is 4.85. The van der Waals surface area contributed by atoms with Gasteiger partial charge in [-0.25, -0.2) is 0 Å². The summed E-state index contributed by atoms with van der Waals surface area (Å²) in [6.07, 6.45) is 0.665. The maximum absolute atomic E-state index is 11.9. The summed E-state index contributed by atoms with van der Waals surface area (Å²) >= 11 is 0. The molecule has 2 N–H and O–H groups in total. The number of rotatable bonds is 2. The van der Waals surface area contributed by atoms with E-state index >= 15 is 0 Å². The van der Waals surface area contributed by atoms with Crippen LogP contribution in [0.2, 0.25) is 0 Å². The molecule has 0 aliphatic carbocycles. The maximum atomic E-state index is 11.9. The Hall–Kier alpha value is -0.610. The van der Waals surface area contributed by atoms with Crippen LogP contribution in [0, 0.1) is 0 Å². The second kappa shape index (κ2) is 3.51. The van der Waals surface area contributed by atoms with Crippen LogP contribution in [0.1, 0.15) is 27.2 Å². The van der Waals surface area contributed by atoms with Crippen LogP contribution in [0.25, 0.3) is 0 Å².